The van der Waals surface area contributed by atoms with Crippen molar-refractivity contribution in [2.75, 3.05) is 30.8 Å². The molecular weight excluding hydrogens is 374 g/mol. The van der Waals surface area contributed by atoms with Gasteiger partial charge in [-0.1, -0.05) is 6.07 Å². The van der Waals surface area contributed by atoms with Crippen LogP contribution in [-0.2, 0) is 0 Å². The lowest BCUT2D eigenvalue weighted by Gasteiger charge is -2.31. The van der Waals surface area contributed by atoms with Gasteiger partial charge in [-0.2, -0.15) is 4.52 Å². The molecule has 0 spiro atoms. The van der Waals surface area contributed by atoms with Crippen LogP contribution in [0.2, 0.25) is 0 Å². The van der Waals surface area contributed by atoms with Crippen molar-refractivity contribution >= 4 is 39.0 Å². The van der Waals surface area contributed by atoms with Crippen LogP contribution in [0.1, 0.15) is 29.5 Å². The molecule has 1 aliphatic rings. The number of nitrogens with two attached hydrogens (primary N) is 1. The van der Waals surface area contributed by atoms with Crippen molar-refractivity contribution in [2.24, 2.45) is 0 Å². The molecule has 0 bridgehead atoms. The molecule has 1 saturated heterocycles. The molecule has 0 aliphatic carbocycles. The Morgan fingerprint density at radius 3 is 2.96 bits per heavy atom. The fourth-order valence-corrected chi connectivity index (χ4v) is 4.62. The van der Waals surface area contributed by atoms with Crippen LogP contribution in [0.25, 0.3) is 16.6 Å². The maximum Gasteiger partial charge on any atom is 0.223 e. The highest BCUT2D eigenvalue weighted by atomic mass is 32.1. The number of hydrogen-bond donors (Lipinski definition) is 1. The van der Waals surface area contributed by atoms with Crippen molar-refractivity contribution in [1.82, 2.24) is 24.6 Å². The fraction of sp³-hybridized carbons (Fsp3) is 0.368. The van der Waals surface area contributed by atoms with Crippen LogP contribution in [0.5, 0.6) is 5.75 Å². The van der Waals surface area contributed by atoms with Gasteiger partial charge in [-0.3, -0.25) is 0 Å². The molecule has 1 aliphatic heterocycles. The Bertz CT molecular complexity index is 1170. The first-order chi connectivity index (χ1) is 13.6. The van der Waals surface area contributed by atoms with E-state index >= 15 is 0 Å². The van der Waals surface area contributed by atoms with Gasteiger partial charge in [0.25, 0.3) is 0 Å². The SMILES string of the molecule is COc1cccc2c1nc(N)n1nc([C@@H]3CCCN(c4ncc(C)s4)C3)nc21. The second-order valence-corrected chi connectivity index (χ2v) is 8.28. The quantitative estimate of drug-likeness (QED) is 0.570. The molecule has 0 unspecified atom stereocenters. The molecule has 0 saturated carbocycles. The van der Waals surface area contributed by atoms with E-state index in [9.17, 15) is 0 Å². The molecule has 4 heterocycles. The second kappa shape index (κ2) is 6.59. The zero-order valence-corrected chi connectivity index (χ0v) is 16.6. The summed E-state index contributed by atoms with van der Waals surface area (Å²) in [6.45, 7) is 3.96. The smallest absolute Gasteiger partial charge is 0.223 e. The number of benzene rings is 1. The number of anilines is 2. The molecule has 0 amide bonds. The summed E-state index contributed by atoms with van der Waals surface area (Å²) in [5.41, 5.74) is 7.61. The molecule has 28 heavy (non-hydrogen) atoms. The molecule has 4 aromatic rings. The van der Waals surface area contributed by atoms with Gasteiger partial charge in [0.2, 0.25) is 5.95 Å². The highest BCUT2D eigenvalue weighted by Crippen LogP contribution is 2.32. The van der Waals surface area contributed by atoms with E-state index in [1.54, 1.807) is 23.0 Å². The fourth-order valence-electron chi connectivity index (χ4n) is 3.83. The standard InChI is InChI=1S/C19H21N7OS/c1-11-9-21-19(28-11)25-8-4-5-12(10-25)16-23-17-13-6-3-7-14(27-2)15(13)22-18(20)26(17)24-16/h3,6-7,9,12H,4-5,8,10H2,1-2H3,(H2,20,22)/t12-/m1/s1. The number of piperidine rings is 1. The third-order valence-corrected chi connectivity index (χ3v) is 6.17. The summed E-state index contributed by atoms with van der Waals surface area (Å²) >= 11 is 1.73. The number of hydrogen-bond acceptors (Lipinski definition) is 8. The Hall–Kier alpha value is -2.94. The lowest BCUT2D eigenvalue weighted by atomic mass is 9.98. The summed E-state index contributed by atoms with van der Waals surface area (Å²) in [6.07, 6.45) is 4.06. The summed E-state index contributed by atoms with van der Waals surface area (Å²) in [7, 11) is 1.63. The third-order valence-electron chi connectivity index (χ3n) is 5.19. The van der Waals surface area contributed by atoms with E-state index in [0.717, 1.165) is 47.9 Å². The summed E-state index contributed by atoms with van der Waals surface area (Å²) < 4.78 is 7.07. The number of methoxy groups -OCH3 is 1. The Morgan fingerprint density at radius 1 is 1.29 bits per heavy atom. The lowest BCUT2D eigenvalue weighted by molar-refractivity contribution is 0.419. The van der Waals surface area contributed by atoms with Crippen molar-refractivity contribution in [3.05, 3.63) is 35.1 Å². The van der Waals surface area contributed by atoms with Gasteiger partial charge in [0.05, 0.1) is 7.11 Å². The Labute approximate surface area is 166 Å². The largest absolute Gasteiger partial charge is 0.494 e. The molecule has 0 radical (unpaired) electrons. The van der Waals surface area contributed by atoms with Gasteiger partial charge in [-0.25, -0.2) is 15.0 Å². The molecule has 3 aromatic heterocycles. The van der Waals surface area contributed by atoms with Crippen molar-refractivity contribution < 1.29 is 4.74 Å². The van der Waals surface area contributed by atoms with E-state index in [1.165, 1.54) is 4.88 Å². The normalized spacial score (nSPS) is 17.5. The van der Waals surface area contributed by atoms with E-state index in [0.29, 0.717) is 17.2 Å². The Kier molecular flexibility index (Phi) is 4.04. The van der Waals surface area contributed by atoms with Gasteiger partial charge in [0.15, 0.2) is 16.6 Å². The van der Waals surface area contributed by atoms with Crippen LogP contribution in [0.4, 0.5) is 11.1 Å². The van der Waals surface area contributed by atoms with Crippen LogP contribution < -0.4 is 15.4 Å². The minimum Gasteiger partial charge on any atom is -0.494 e. The minimum absolute atomic E-state index is 0.234. The minimum atomic E-state index is 0.234. The number of nitrogen functional groups attached to an aromatic ring is 1. The Morgan fingerprint density at radius 2 is 2.18 bits per heavy atom. The first-order valence-electron chi connectivity index (χ1n) is 9.30. The van der Waals surface area contributed by atoms with Crippen LogP contribution in [-0.4, -0.2) is 44.8 Å². The van der Waals surface area contributed by atoms with Crippen molar-refractivity contribution in [3.8, 4) is 5.75 Å². The van der Waals surface area contributed by atoms with E-state index in [4.69, 9.17) is 20.6 Å². The summed E-state index contributed by atoms with van der Waals surface area (Å²) in [5.74, 6) is 2.04. The highest BCUT2D eigenvalue weighted by Gasteiger charge is 2.27. The number of aryl methyl sites for hydroxylation is 1. The molecule has 1 fully saturated rings. The van der Waals surface area contributed by atoms with E-state index in [2.05, 4.69) is 21.8 Å². The Balaban J connectivity index is 1.56. The predicted molar refractivity (Wildman–Crippen MR) is 110 cm³/mol. The zero-order chi connectivity index (χ0) is 19.3. The summed E-state index contributed by atoms with van der Waals surface area (Å²) in [4.78, 5) is 17.5. The van der Waals surface area contributed by atoms with Gasteiger partial charge in [0.1, 0.15) is 11.3 Å². The van der Waals surface area contributed by atoms with Crippen molar-refractivity contribution in [3.63, 3.8) is 0 Å². The van der Waals surface area contributed by atoms with E-state index in [-0.39, 0.29) is 5.92 Å². The zero-order valence-electron chi connectivity index (χ0n) is 15.8. The first kappa shape index (κ1) is 17.2. The molecule has 5 rings (SSSR count). The molecule has 1 atom stereocenters. The van der Waals surface area contributed by atoms with Gasteiger partial charge < -0.3 is 15.4 Å². The molecule has 9 heteroatoms. The topological polar surface area (TPSA) is 94.5 Å². The number of rotatable bonds is 3. The maximum atomic E-state index is 6.18. The van der Waals surface area contributed by atoms with Crippen LogP contribution in [0, 0.1) is 6.92 Å². The molecule has 144 valence electrons. The number of nitrogens with zero attached hydrogens (tertiary/aromatic N) is 6. The van der Waals surface area contributed by atoms with Crippen molar-refractivity contribution in [1.29, 1.82) is 0 Å². The van der Waals surface area contributed by atoms with Gasteiger partial charge in [-0.05, 0) is 31.9 Å². The first-order valence-corrected chi connectivity index (χ1v) is 10.1. The van der Waals surface area contributed by atoms with Gasteiger partial charge >= 0.3 is 0 Å². The van der Waals surface area contributed by atoms with Crippen LogP contribution in [0.15, 0.2) is 24.4 Å². The lowest BCUT2D eigenvalue weighted by Crippen LogP contribution is -2.34. The molecule has 1 aromatic carbocycles. The average molecular weight is 395 g/mol. The second-order valence-electron chi connectivity index (χ2n) is 7.07. The summed E-state index contributed by atoms with van der Waals surface area (Å²) in [5, 5.41) is 6.66. The number of para-hydroxylation sites is 1. The van der Waals surface area contributed by atoms with E-state index < -0.39 is 0 Å². The van der Waals surface area contributed by atoms with Gasteiger partial charge in [-0.15, -0.1) is 16.4 Å². The number of fused-ring (bicyclic) bond motifs is 3. The van der Waals surface area contributed by atoms with E-state index in [1.807, 2.05) is 24.4 Å². The summed E-state index contributed by atoms with van der Waals surface area (Å²) in [6, 6.07) is 5.78. The molecule has 8 nitrogen and oxygen atoms in total. The number of thiazole rings is 1. The van der Waals surface area contributed by atoms with Crippen LogP contribution in [0.3, 0.4) is 0 Å². The maximum absolute atomic E-state index is 6.18. The monoisotopic (exact) mass is 395 g/mol. The predicted octanol–water partition coefficient (Wildman–Crippen LogP) is 3.02. The average Bonchev–Trinajstić information content (AvgIpc) is 3.35. The van der Waals surface area contributed by atoms with Crippen molar-refractivity contribution in [2.45, 2.75) is 25.7 Å². The number of ether oxygens (including phenoxy) is 1. The van der Waals surface area contributed by atoms with Gasteiger partial charge in [0, 0.05) is 35.5 Å². The van der Waals surface area contributed by atoms with Crippen LogP contribution >= 0.6 is 11.3 Å². The highest BCUT2D eigenvalue weighted by molar-refractivity contribution is 7.15. The third kappa shape index (κ3) is 2.73. The molecule has 2 N–H and O–H groups in total. The number of aromatic nitrogens is 5. The molecular formula is C19H21N7OS.